The summed E-state index contributed by atoms with van der Waals surface area (Å²) < 4.78 is 0. The van der Waals surface area contributed by atoms with Crippen LogP contribution in [0, 0.1) is 13.8 Å². The fourth-order valence-corrected chi connectivity index (χ4v) is 6.05. The molecule has 1 aliphatic carbocycles. The van der Waals surface area contributed by atoms with Gasteiger partial charge >= 0.3 is 0 Å². The van der Waals surface area contributed by atoms with E-state index in [4.69, 9.17) is 0 Å². The molecule has 0 saturated carbocycles. The van der Waals surface area contributed by atoms with Crippen molar-refractivity contribution in [1.29, 1.82) is 0 Å². The van der Waals surface area contributed by atoms with Gasteiger partial charge < -0.3 is 10.2 Å². The zero-order valence-electron chi connectivity index (χ0n) is 22.4. The standard InChI is InChI=1S/C31H41N3S/c1-7-34(6)20-32-14-13-26-15-23(4)28(16-22(26)3)17-29-19-35-31(24(5)33-29)27-12-11-25-10-8-9-21(2)30(25)18-27/h11-12,15-16,18-21,33H,7-10,13-14,17H2,1-6H3. The van der Waals surface area contributed by atoms with E-state index in [0.717, 1.165) is 25.9 Å². The van der Waals surface area contributed by atoms with E-state index < -0.39 is 0 Å². The van der Waals surface area contributed by atoms with E-state index in [9.17, 15) is 0 Å². The predicted octanol–water partition coefficient (Wildman–Crippen LogP) is 7.37. The first-order valence-corrected chi connectivity index (χ1v) is 14.0. The largest absolute Gasteiger partial charge is 0.366 e. The van der Waals surface area contributed by atoms with E-state index in [-0.39, 0.29) is 0 Å². The van der Waals surface area contributed by atoms with E-state index >= 15 is 0 Å². The molecular formula is C31H41N3S. The van der Waals surface area contributed by atoms with Crippen LogP contribution in [0.4, 0.5) is 0 Å². The van der Waals surface area contributed by atoms with Crippen molar-refractivity contribution in [1.82, 2.24) is 10.2 Å². The minimum absolute atomic E-state index is 0.672. The van der Waals surface area contributed by atoms with Crippen LogP contribution in [-0.2, 0) is 19.3 Å². The molecule has 0 saturated heterocycles. The number of hydrogen-bond acceptors (Lipinski definition) is 3. The zero-order valence-corrected chi connectivity index (χ0v) is 23.2. The third kappa shape index (κ3) is 6.22. The highest BCUT2D eigenvalue weighted by molar-refractivity contribution is 8.11. The molecule has 2 aromatic rings. The fourth-order valence-electron chi connectivity index (χ4n) is 5.16. The van der Waals surface area contributed by atoms with Crippen LogP contribution in [0.3, 0.4) is 0 Å². The molecule has 1 unspecified atom stereocenters. The average molecular weight is 488 g/mol. The van der Waals surface area contributed by atoms with E-state index in [0.29, 0.717) is 5.92 Å². The summed E-state index contributed by atoms with van der Waals surface area (Å²) in [5.41, 5.74) is 12.5. The predicted molar refractivity (Wildman–Crippen MR) is 154 cm³/mol. The van der Waals surface area contributed by atoms with Gasteiger partial charge in [0.1, 0.15) is 0 Å². The highest BCUT2D eigenvalue weighted by Crippen LogP contribution is 2.39. The first kappa shape index (κ1) is 25.6. The summed E-state index contributed by atoms with van der Waals surface area (Å²) in [6.07, 6.45) is 7.74. The molecule has 186 valence electrons. The molecule has 0 radical (unpaired) electrons. The number of benzene rings is 2. The Hall–Kier alpha value is -2.46. The lowest BCUT2D eigenvalue weighted by molar-refractivity contribution is 0.549. The molecule has 0 spiro atoms. The quantitative estimate of drug-likeness (QED) is 0.311. The smallest absolute Gasteiger partial charge is 0.0847 e. The summed E-state index contributed by atoms with van der Waals surface area (Å²) in [5, 5.41) is 6.03. The van der Waals surface area contributed by atoms with E-state index in [2.05, 4.69) is 92.6 Å². The first-order valence-electron chi connectivity index (χ1n) is 13.1. The molecule has 2 aliphatic rings. The summed E-state index contributed by atoms with van der Waals surface area (Å²) >= 11 is 1.87. The Morgan fingerprint density at radius 3 is 2.66 bits per heavy atom. The second kappa shape index (κ2) is 11.5. The van der Waals surface area contributed by atoms with Gasteiger partial charge in [-0.3, -0.25) is 4.99 Å². The van der Waals surface area contributed by atoms with E-state index in [1.165, 1.54) is 63.4 Å². The van der Waals surface area contributed by atoms with Gasteiger partial charge in [-0.1, -0.05) is 49.0 Å². The van der Waals surface area contributed by atoms with Crippen molar-refractivity contribution in [3.8, 4) is 0 Å². The molecule has 1 heterocycles. The van der Waals surface area contributed by atoms with Gasteiger partial charge in [0, 0.05) is 42.9 Å². The maximum absolute atomic E-state index is 4.57. The van der Waals surface area contributed by atoms with E-state index in [1.54, 1.807) is 11.1 Å². The minimum atomic E-state index is 0.672. The van der Waals surface area contributed by atoms with Crippen LogP contribution in [0.5, 0.6) is 0 Å². The number of nitrogens with one attached hydrogen (secondary N) is 1. The number of allylic oxidation sites excluding steroid dienone is 2. The summed E-state index contributed by atoms with van der Waals surface area (Å²) in [7, 11) is 2.06. The van der Waals surface area contributed by atoms with Crippen LogP contribution in [0.25, 0.3) is 4.91 Å². The Bertz CT molecular complexity index is 1160. The van der Waals surface area contributed by atoms with E-state index in [1.807, 2.05) is 18.1 Å². The maximum Gasteiger partial charge on any atom is 0.0847 e. The van der Waals surface area contributed by atoms with Crippen molar-refractivity contribution < 1.29 is 0 Å². The van der Waals surface area contributed by atoms with Gasteiger partial charge in [0.15, 0.2) is 0 Å². The number of thioether (sulfide) groups is 1. The van der Waals surface area contributed by atoms with Gasteiger partial charge in [-0.05, 0) is 104 Å². The lowest BCUT2D eigenvalue weighted by Crippen LogP contribution is -2.17. The van der Waals surface area contributed by atoms with Gasteiger partial charge in [-0.15, -0.1) is 0 Å². The molecule has 0 fully saturated rings. The Morgan fingerprint density at radius 1 is 1.11 bits per heavy atom. The molecule has 1 aliphatic heterocycles. The van der Waals surface area contributed by atoms with Crippen molar-refractivity contribution in [2.45, 2.75) is 72.6 Å². The van der Waals surface area contributed by atoms with Gasteiger partial charge in [-0.2, -0.15) is 0 Å². The molecule has 1 atom stereocenters. The van der Waals surface area contributed by atoms with Crippen LogP contribution in [-0.4, -0.2) is 31.4 Å². The van der Waals surface area contributed by atoms with Crippen LogP contribution < -0.4 is 5.32 Å². The third-order valence-electron chi connectivity index (χ3n) is 7.49. The van der Waals surface area contributed by atoms with Gasteiger partial charge in [0.05, 0.1) is 6.34 Å². The van der Waals surface area contributed by atoms with Crippen molar-refractivity contribution in [3.05, 3.63) is 86.1 Å². The van der Waals surface area contributed by atoms with Crippen molar-refractivity contribution >= 4 is 23.0 Å². The zero-order chi connectivity index (χ0) is 24.9. The molecule has 4 rings (SSSR count). The Labute approximate surface area is 216 Å². The van der Waals surface area contributed by atoms with Crippen LogP contribution in [0.15, 0.2) is 52.1 Å². The van der Waals surface area contributed by atoms with Gasteiger partial charge in [0.2, 0.25) is 0 Å². The Morgan fingerprint density at radius 2 is 1.89 bits per heavy atom. The number of rotatable bonds is 8. The van der Waals surface area contributed by atoms with Crippen molar-refractivity contribution in [2.75, 3.05) is 20.1 Å². The second-order valence-electron chi connectivity index (χ2n) is 10.3. The maximum atomic E-state index is 4.57. The lowest BCUT2D eigenvalue weighted by Gasteiger charge is -2.25. The normalized spacial score (nSPS) is 17.9. The van der Waals surface area contributed by atoms with Gasteiger partial charge in [0.25, 0.3) is 0 Å². The molecule has 4 heteroatoms. The van der Waals surface area contributed by atoms with Crippen LogP contribution >= 0.6 is 11.8 Å². The molecule has 35 heavy (non-hydrogen) atoms. The number of fused-ring (bicyclic) bond motifs is 1. The monoisotopic (exact) mass is 487 g/mol. The molecular weight excluding hydrogens is 446 g/mol. The van der Waals surface area contributed by atoms with Crippen LogP contribution in [0.1, 0.15) is 78.5 Å². The number of hydrogen-bond donors (Lipinski definition) is 1. The topological polar surface area (TPSA) is 27.6 Å². The molecule has 0 amide bonds. The molecule has 0 bridgehead atoms. The molecule has 3 nitrogen and oxygen atoms in total. The van der Waals surface area contributed by atoms with Crippen molar-refractivity contribution in [3.63, 3.8) is 0 Å². The summed E-state index contributed by atoms with van der Waals surface area (Å²) in [6, 6.07) is 11.9. The Kier molecular flexibility index (Phi) is 8.43. The highest BCUT2D eigenvalue weighted by atomic mass is 32.2. The van der Waals surface area contributed by atoms with Gasteiger partial charge in [-0.25, -0.2) is 0 Å². The number of aryl methyl sites for hydroxylation is 3. The SMILES string of the molecule is CCN(C)C=NCCc1cc(C)c(CC2=CSC(c3ccc4c(c3)C(C)CCC4)=C(C)N2)cc1C. The number of nitrogens with zero attached hydrogens (tertiary/aromatic N) is 2. The molecule has 2 aromatic carbocycles. The molecule has 0 aromatic heterocycles. The summed E-state index contributed by atoms with van der Waals surface area (Å²) in [4.78, 5) is 8.03. The lowest BCUT2D eigenvalue weighted by atomic mass is 9.83. The number of aliphatic imine (C=N–C) groups is 1. The third-order valence-corrected chi connectivity index (χ3v) is 8.67. The van der Waals surface area contributed by atoms with Crippen LogP contribution in [0.2, 0.25) is 0 Å². The Balaban J connectivity index is 1.42. The first-order chi connectivity index (χ1) is 16.9. The summed E-state index contributed by atoms with van der Waals surface area (Å²) in [5.74, 6) is 0.672. The fraction of sp³-hybridized carbons (Fsp3) is 0.452. The van der Waals surface area contributed by atoms with Crippen molar-refractivity contribution in [2.24, 2.45) is 4.99 Å². The summed E-state index contributed by atoms with van der Waals surface area (Å²) in [6.45, 7) is 13.0. The average Bonchev–Trinajstić information content (AvgIpc) is 2.84. The minimum Gasteiger partial charge on any atom is -0.366 e. The second-order valence-corrected chi connectivity index (χ2v) is 11.2. The highest BCUT2D eigenvalue weighted by Gasteiger charge is 2.20. The molecule has 1 N–H and O–H groups in total.